The second-order valence-electron chi connectivity index (χ2n) is 4.31. The summed E-state index contributed by atoms with van der Waals surface area (Å²) in [5.74, 6) is 0.445. The van der Waals surface area contributed by atoms with E-state index in [0.29, 0.717) is 15.8 Å². The van der Waals surface area contributed by atoms with Gasteiger partial charge in [0.1, 0.15) is 4.83 Å². The van der Waals surface area contributed by atoms with Gasteiger partial charge in [-0.05, 0) is 23.9 Å². The molecule has 0 spiro atoms. The molecule has 0 saturated heterocycles. The van der Waals surface area contributed by atoms with Crippen molar-refractivity contribution in [2.45, 2.75) is 6.92 Å². The third kappa shape index (κ3) is 2.36. The molecule has 2 heterocycles. The highest BCUT2D eigenvalue weighted by atomic mass is 32.1. The average molecular weight is 302 g/mol. The standard InChI is InChI=1S/C13H10N4O3S/c1-7-3-2-4-9(17(18)19)10(7)20-11-8-5-6-21-12(8)16-13(14)15-11/h2-6H,1H3,(H2,14,15,16). The SMILES string of the molecule is Cc1cccc([N+](=O)[O-])c1Oc1nc(N)nc2sccc12. The highest BCUT2D eigenvalue weighted by molar-refractivity contribution is 7.16. The van der Waals surface area contributed by atoms with Gasteiger partial charge in [0.2, 0.25) is 17.6 Å². The minimum atomic E-state index is -0.488. The van der Waals surface area contributed by atoms with Crippen molar-refractivity contribution in [3.05, 3.63) is 45.3 Å². The van der Waals surface area contributed by atoms with Gasteiger partial charge in [0.05, 0.1) is 10.3 Å². The Kier molecular flexibility index (Phi) is 3.15. The number of aryl methyl sites for hydroxylation is 1. The van der Waals surface area contributed by atoms with Gasteiger partial charge in [-0.1, -0.05) is 12.1 Å². The molecule has 0 saturated carbocycles. The third-order valence-electron chi connectivity index (χ3n) is 2.89. The minimum Gasteiger partial charge on any atom is -0.431 e. The van der Waals surface area contributed by atoms with Crippen molar-refractivity contribution in [1.82, 2.24) is 9.97 Å². The van der Waals surface area contributed by atoms with Gasteiger partial charge >= 0.3 is 5.69 Å². The van der Waals surface area contributed by atoms with Crippen LogP contribution in [0, 0.1) is 17.0 Å². The Balaban J connectivity index is 2.15. The van der Waals surface area contributed by atoms with Gasteiger partial charge in [0.15, 0.2) is 0 Å². The van der Waals surface area contributed by atoms with Gasteiger partial charge in [-0.3, -0.25) is 10.1 Å². The molecule has 2 aromatic heterocycles. The van der Waals surface area contributed by atoms with Crippen LogP contribution >= 0.6 is 11.3 Å². The zero-order valence-corrected chi connectivity index (χ0v) is 11.8. The monoisotopic (exact) mass is 302 g/mol. The van der Waals surface area contributed by atoms with E-state index in [9.17, 15) is 10.1 Å². The lowest BCUT2D eigenvalue weighted by molar-refractivity contribution is -0.385. The van der Waals surface area contributed by atoms with Crippen LogP contribution in [0.25, 0.3) is 10.2 Å². The lowest BCUT2D eigenvalue weighted by atomic mass is 10.2. The van der Waals surface area contributed by atoms with E-state index < -0.39 is 4.92 Å². The van der Waals surface area contributed by atoms with Gasteiger partial charge in [0, 0.05) is 6.07 Å². The van der Waals surface area contributed by atoms with E-state index in [1.54, 1.807) is 25.1 Å². The molecule has 0 aliphatic rings. The van der Waals surface area contributed by atoms with Gasteiger partial charge in [-0.2, -0.15) is 4.98 Å². The summed E-state index contributed by atoms with van der Waals surface area (Å²) in [5.41, 5.74) is 6.17. The Labute approximate surface area is 123 Å². The normalized spacial score (nSPS) is 10.7. The predicted molar refractivity (Wildman–Crippen MR) is 79.7 cm³/mol. The summed E-state index contributed by atoms with van der Waals surface area (Å²) in [5, 5.41) is 13.6. The van der Waals surface area contributed by atoms with Crippen LogP contribution in [0.15, 0.2) is 29.6 Å². The molecule has 0 radical (unpaired) electrons. The maximum atomic E-state index is 11.1. The molecule has 1 aromatic carbocycles. The largest absolute Gasteiger partial charge is 0.431 e. The number of nitrogen functional groups attached to an aromatic ring is 1. The first-order chi connectivity index (χ1) is 10.1. The Morgan fingerprint density at radius 2 is 2.14 bits per heavy atom. The molecule has 2 N–H and O–H groups in total. The number of benzene rings is 1. The number of hydrogen-bond acceptors (Lipinski definition) is 7. The number of anilines is 1. The van der Waals surface area contributed by atoms with Crippen molar-refractivity contribution in [2.75, 3.05) is 5.73 Å². The molecule has 0 amide bonds. The van der Waals surface area contributed by atoms with Crippen molar-refractivity contribution in [3.8, 4) is 11.6 Å². The fraction of sp³-hybridized carbons (Fsp3) is 0.0769. The number of fused-ring (bicyclic) bond motifs is 1. The zero-order valence-electron chi connectivity index (χ0n) is 10.9. The quantitative estimate of drug-likeness (QED) is 0.588. The number of ether oxygens (including phenoxy) is 1. The fourth-order valence-corrected chi connectivity index (χ4v) is 2.69. The van der Waals surface area contributed by atoms with E-state index in [1.807, 2.05) is 5.38 Å². The second kappa shape index (κ2) is 4.98. The van der Waals surface area contributed by atoms with Crippen LogP contribution in [0.4, 0.5) is 11.6 Å². The summed E-state index contributed by atoms with van der Waals surface area (Å²) >= 11 is 1.40. The van der Waals surface area contributed by atoms with E-state index in [-0.39, 0.29) is 23.3 Å². The maximum Gasteiger partial charge on any atom is 0.311 e. The third-order valence-corrected chi connectivity index (χ3v) is 3.70. The lowest BCUT2D eigenvalue weighted by Gasteiger charge is -2.09. The van der Waals surface area contributed by atoms with E-state index >= 15 is 0 Å². The van der Waals surface area contributed by atoms with Crippen LogP contribution in [-0.4, -0.2) is 14.9 Å². The number of rotatable bonds is 3. The summed E-state index contributed by atoms with van der Waals surface area (Å²) < 4.78 is 5.69. The first-order valence-corrected chi connectivity index (χ1v) is 6.87. The van der Waals surface area contributed by atoms with Crippen molar-refractivity contribution < 1.29 is 9.66 Å². The summed E-state index contributed by atoms with van der Waals surface area (Å²) in [6.07, 6.45) is 0. The molecule has 0 aliphatic carbocycles. The molecule has 3 rings (SSSR count). The van der Waals surface area contributed by atoms with Gasteiger partial charge in [0.25, 0.3) is 0 Å². The Morgan fingerprint density at radius 1 is 1.33 bits per heavy atom. The lowest BCUT2D eigenvalue weighted by Crippen LogP contribution is -2.00. The van der Waals surface area contributed by atoms with Gasteiger partial charge < -0.3 is 10.5 Å². The number of aromatic nitrogens is 2. The van der Waals surface area contributed by atoms with Crippen LogP contribution in [-0.2, 0) is 0 Å². The van der Waals surface area contributed by atoms with Crippen LogP contribution in [0.3, 0.4) is 0 Å². The van der Waals surface area contributed by atoms with Gasteiger partial charge in [-0.15, -0.1) is 11.3 Å². The summed E-state index contributed by atoms with van der Waals surface area (Å²) in [4.78, 5) is 19.4. The molecule has 0 atom stereocenters. The number of nitrogens with two attached hydrogens (primary N) is 1. The molecular formula is C13H10N4O3S. The number of thiophene rings is 1. The molecule has 0 unspecified atom stereocenters. The molecule has 21 heavy (non-hydrogen) atoms. The molecular weight excluding hydrogens is 292 g/mol. The summed E-state index contributed by atoms with van der Waals surface area (Å²) in [6, 6.07) is 6.52. The predicted octanol–water partition coefficient (Wildman–Crippen LogP) is 3.28. The number of para-hydroxylation sites is 1. The van der Waals surface area contributed by atoms with Crippen molar-refractivity contribution in [2.24, 2.45) is 0 Å². The maximum absolute atomic E-state index is 11.1. The zero-order chi connectivity index (χ0) is 15.0. The highest BCUT2D eigenvalue weighted by Crippen LogP contribution is 2.37. The Bertz CT molecular complexity index is 847. The van der Waals surface area contributed by atoms with Crippen molar-refractivity contribution in [1.29, 1.82) is 0 Å². The van der Waals surface area contributed by atoms with E-state index in [4.69, 9.17) is 10.5 Å². The molecule has 0 aliphatic heterocycles. The van der Waals surface area contributed by atoms with E-state index in [2.05, 4.69) is 9.97 Å². The van der Waals surface area contributed by atoms with Gasteiger partial charge in [-0.25, -0.2) is 4.98 Å². The smallest absolute Gasteiger partial charge is 0.311 e. The minimum absolute atomic E-state index is 0.0659. The van der Waals surface area contributed by atoms with Crippen LogP contribution in [0.1, 0.15) is 5.56 Å². The molecule has 3 aromatic rings. The number of hydrogen-bond donors (Lipinski definition) is 1. The molecule has 106 valence electrons. The molecule has 8 heteroatoms. The first-order valence-electron chi connectivity index (χ1n) is 5.99. The fourth-order valence-electron chi connectivity index (χ4n) is 1.93. The average Bonchev–Trinajstić information content (AvgIpc) is 2.88. The van der Waals surface area contributed by atoms with E-state index in [1.165, 1.54) is 17.4 Å². The Morgan fingerprint density at radius 3 is 2.90 bits per heavy atom. The van der Waals surface area contributed by atoms with E-state index in [0.717, 1.165) is 0 Å². The van der Waals surface area contributed by atoms with Crippen molar-refractivity contribution >= 4 is 33.2 Å². The molecule has 0 fully saturated rings. The number of nitro benzene ring substituents is 1. The number of nitro groups is 1. The first kappa shape index (κ1) is 13.3. The summed E-state index contributed by atoms with van der Waals surface area (Å²) in [7, 11) is 0. The topological polar surface area (TPSA) is 104 Å². The molecule has 0 bridgehead atoms. The second-order valence-corrected chi connectivity index (χ2v) is 5.20. The van der Waals surface area contributed by atoms with Crippen LogP contribution in [0.2, 0.25) is 0 Å². The van der Waals surface area contributed by atoms with Crippen molar-refractivity contribution in [3.63, 3.8) is 0 Å². The van der Waals surface area contributed by atoms with Crippen LogP contribution in [0.5, 0.6) is 11.6 Å². The number of nitrogens with zero attached hydrogens (tertiary/aromatic N) is 3. The van der Waals surface area contributed by atoms with Crippen LogP contribution < -0.4 is 10.5 Å². The summed E-state index contributed by atoms with van der Waals surface area (Å²) in [6.45, 7) is 1.73. The highest BCUT2D eigenvalue weighted by Gasteiger charge is 2.20. The molecule has 7 nitrogen and oxygen atoms in total. The Hall–Kier alpha value is -2.74.